The predicted molar refractivity (Wildman–Crippen MR) is 77.9 cm³/mol. The molecule has 2 aromatic rings. The molecule has 1 heterocycles. The lowest BCUT2D eigenvalue weighted by Crippen LogP contribution is -2.39. The average molecular weight is 290 g/mol. The SMILES string of the molecule is CC(C)N(CCC(=O)O)Cn1nnc2ccccc2c1=O. The van der Waals surface area contributed by atoms with Crippen LogP contribution in [0, 0.1) is 0 Å². The van der Waals surface area contributed by atoms with Crippen LogP contribution < -0.4 is 5.56 Å². The van der Waals surface area contributed by atoms with Gasteiger partial charge in [0, 0.05) is 12.6 Å². The van der Waals surface area contributed by atoms with Crippen molar-refractivity contribution in [3.05, 3.63) is 34.6 Å². The molecule has 0 saturated heterocycles. The minimum absolute atomic E-state index is 0.0218. The molecular weight excluding hydrogens is 272 g/mol. The number of nitrogens with zero attached hydrogens (tertiary/aromatic N) is 4. The van der Waals surface area contributed by atoms with Gasteiger partial charge in [0.05, 0.1) is 18.5 Å². The average Bonchev–Trinajstić information content (AvgIpc) is 2.45. The van der Waals surface area contributed by atoms with Crippen LogP contribution in [0.25, 0.3) is 10.9 Å². The van der Waals surface area contributed by atoms with Gasteiger partial charge >= 0.3 is 5.97 Å². The third-order valence-corrected chi connectivity index (χ3v) is 3.29. The van der Waals surface area contributed by atoms with Crippen LogP contribution in [0.1, 0.15) is 20.3 Å². The van der Waals surface area contributed by atoms with Crippen molar-refractivity contribution >= 4 is 16.9 Å². The maximum absolute atomic E-state index is 12.3. The van der Waals surface area contributed by atoms with Gasteiger partial charge in [-0.2, -0.15) is 4.68 Å². The third kappa shape index (κ3) is 3.63. The molecule has 0 spiro atoms. The molecule has 0 saturated carbocycles. The van der Waals surface area contributed by atoms with Crippen LogP contribution >= 0.6 is 0 Å². The Bertz CT molecular complexity index is 696. The Morgan fingerprint density at radius 3 is 2.76 bits per heavy atom. The number of benzene rings is 1. The Morgan fingerprint density at radius 2 is 2.10 bits per heavy atom. The lowest BCUT2D eigenvalue weighted by atomic mass is 10.2. The summed E-state index contributed by atoms with van der Waals surface area (Å²) in [7, 11) is 0. The highest BCUT2D eigenvalue weighted by Crippen LogP contribution is 2.05. The van der Waals surface area contributed by atoms with Gasteiger partial charge in [-0.05, 0) is 26.0 Å². The van der Waals surface area contributed by atoms with E-state index in [0.717, 1.165) is 0 Å². The zero-order chi connectivity index (χ0) is 15.4. The number of hydrogen-bond donors (Lipinski definition) is 1. The van der Waals surface area contributed by atoms with Crippen molar-refractivity contribution in [3.63, 3.8) is 0 Å². The van der Waals surface area contributed by atoms with E-state index in [1.54, 1.807) is 24.3 Å². The molecule has 1 aromatic carbocycles. The molecule has 0 amide bonds. The molecule has 0 atom stereocenters. The fourth-order valence-electron chi connectivity index (χ4n) is 2.02. The number of aromatic nitrogens is 3. The Kier molecular flexibility index (Phi) is 4.64. The lowest BCUT2D eigenvalue weighted by molar-refractivity contribution is -0.137. The first-order chi connectivity index (χ1) is 9.99. The Balaban J connectivity index is 2.26. The van der Waals surface area contributed by atoms with Gasteiger partial charge in [-0.1, -0.05) is 17.3 Å². The maximum Gasteiger partial charge on any atom is 0.304 e. The number of hydrogen-bond acceptors (Lipinski definition) is 5. The zero-order valence-electron chi connectivity index (χ0n) is 12.1. The number of carbonyl (C=O) groups is 1. The van der Waals surface area contributed by atoms with Crippen molar-refractivity contribution in [2.75, 3.05) is 6.54 Å². The smallest absolute Gasteiger partial charge is 0.304 e. The monoisotopic (exact) mass is 290 g/mol. The molecule has 2 rings (SSSR count). The Morgan fingerprint density at radius 1 is 1.38 bits per heavy atom. The van der Waals surface area contributed by atoms with E-state index >= 15 is 0 Å². The first-order valence-electron chi connectivity index (χ1n) is 6.77. The summed E-state index contributed by atoms with van der Waals surface area (Å²) in [6.07, 6.45) is 0.0218. The van der Waals surface area contributed by atoms with Crippen molar-refractivity contribution in [1.82, 2.24) is 19.9 Å². The number of fused-ring (bicyclic) bond motifs is 1. The molecule has 0 aliphatic carbocycles. The summed E-state index contributed by atoms with van der Waals surface area (Å²) in [4.78, 5) is 24.9. The second-order valence-electron chi connectivity index (χ2n) is 5.10. The summed E-state index contributed by atoms with van der Waals surface area (Å²) in [6, 6.07) is 7.12. The summed E-state index contributed by atoms with van der Waals surface area (Å²) < 4.78 is 1.27. The van der Waals surface area contributed by atoms with E-state index in [9.17, 15) is 9.59 Å². The topological polar surface area (TPSA) is 88.3 Å². The number of aliphatic carboxylic acids is 1. The molecule has 1 N–H and O–H groups in total. The van der Waals surface area contributed by atoms with Crippen molar-refractivity contribution in [2.45, 2.75) is 33.0 Å². The fraction of sp³-hybridized carbons (Fsp3) is 0.429. The molecule has 7 heteroatoms. The molecule has 21 heavy (non-hydrogen) atoms. The van der Waals surface area contributed by atoms with E-state index in [2.05, 4.69) is 10.3 Å². The van der Waals surface area contributed by atoms with Crippen LogP contribution in [0.4, 0.5) is 0 Å². The lowest BCUT2D eigenvalue weighted by Gasteiger charge is -2.25. The van der Waals surface area contributed by atoms with Gasteiger partial charge < -0.3 is 5.11 Å². The van der Waals surface area contributed by atoms with Crippen LogP contribution in [0.2, 0.25) is 0 Å². The summed E-state index contributed by atoms with van der Waals surface area (Å²) in [6.45, 7) is 4.47. The van der Waals surface area contributed by atoms with E-state index in [1.165, 1.54) is 4.68 Å². The van der Waals surface area contributed by atoms with Crippen LogP contribution in [0.15, 0.2) is 29.1 Å². The minimum atomic E-state index is -0.863. The molecule has 0 unspecified atom stereocenters. The van der Waals surface area contributed by atoms with Gasteiger partial charge in [0.15, 0.2) is 0 Å². The highest BCUT2D eigenvalue weighted by molar-refractivity contribution is 5.76. The van der Waals surface area contributed by atoms with E-state index in [-0.39, 0.29) is 24.7 Å². The van der Waals surface area contributed by atoms with E-state index in [1.807, 2.05) is 18.7 Å². The predicted octanol–water partition coefficient (Wildman–Crippen LogP) is 0.934. The van der Waals surface area contributed by atoms with Gasteiger partial charge in [-0.25, -0.2) is 0 Å². The number of carboxylic acids is 1. The van der Waals surface area contributed by atoms with Gasteiger partial charge in [-0.3, -0.25) is 14.5 Å². The normalized spacial score (nSPS) is 11.4. The van der Waals surface area contributed by atoms with E-state index in [0.29, 0.717) is 17.4 Å². The number of rotatable bonds is 6. The first-order valence-corrected chi connectivity index (χ1v) is 6.77. The molecule has 7 nitrogen and oxygen atoms in total. The largest absolute Gasteiger partial charge is 0.481 e. The number of carboxylic acid groups (broad SMARTS) is 1. The van der Waals surface area contributed by atoms with Crippen LogP contribution in [0.3, 0.4) is 0 Å². The summed E-state index contributed by atoms with van der Waals surface area (Å²) in [5, 5.41) is 17.2. The summed E-state index contributed by atoms with van der Waals surface area (Å²) in [5.74, 6) is -0.863. The Hall–Kier alpha value is -2.28. The van der Waals surface area contributed by atoms with Crippen molar-refractivity contribution in [2.24, 2.45) is 0 Å². The second-order valence-corrected chi connectivity index (χ2v) is 5.10. The van der Waals surface area contributed by atoms with Gasteiger partial charge in [0.25, 0.3) is 5.56 Å². The second kappa shape index (κ2) is 6.45. The summed E-state index contributed by atoms with van der Waals surface area (Å²) in [5.41, 5.74) is 0.335. The van der Waals surface area contributed by atoms with Crippen molar-refractivity contribution < 1.29 is 9.90 Å². The van der Waals surface area contributed by atoms with Gasteiger partial charge in [0.2, 0.25) is 0 Å². The fourth-order valence-corrected chi connectivity index (χ4v) is 2.02. The highest BCUT2D eigenvalue weighted by atomic mass is 16.4. The van der Waals surface area contributed by atoms with Gasteiger partial charge in [0.1, 0.15) is 5.52 Å². The highest BCUT2D eigenvalue weighted by Gasteiger charge is 2.14. The summed E-state index contributed by atoms with van der Waals surface area (Å²) >= 11 is 0. The Labute approximate surface area is 121 Å². The molecule has 0 bridgehead atoms. The molecule has 0 aliphatic rings. The zero-order valence-corrected chi connectivity index (χ0v) is 12.1. The molecule has 112 valence electrons. The van der Waals surface area contributed by atoms with Gasteiger partial charge in [-0.15, -0.1) is 5.10 Å². The van der Waals surface area contributed by atoms with Crippen molar-refractivity contribution in [3.8, 4) is 0 Å². The molecule has 0 aliphatic heterocycles. The quantitative estimate of drug-likeness (QED) is 0.851. The first kappa shape index (κ1) is 15.1. The molecule has 0 radical (unpaired) electrons. The standard InChI is InChI=1S/C14H18N4O3/c1-10(2)17(8-7-13(19)20)9-18-14(21)11-5-3-4-6-12(11)15-16-18/h3-6,10H,7-9H2,1-2H3,(H,19,20). The van der Waals surface area contributed by atoms with Crippen molar-refractivity contribution in [1.29, 1.82) is 0 Å². The molecule has 1 aromatic heterocycles. The third-order valence-electron chi connectivity index (χ3n) is 3.29. The minimum Gasteiger partial charge on any atom is -0.481 e. The van der Waals surface area contributed by atoms with Crippen LogP contribution in [-0.2, 0) is 11.5 Å². The van der Waals surface area contributed by atoms with Crippen LogP contribution in [0.5, 0.6) is 0 Å². The van der Waals surface area contributed by atoms with Crippen LogP contribution in [-0.4, -0.2) is 43.6 Å². The van der Waals surface area contributed by atoms with E-state index in [4.69, 9.17) is 5.11 Å². The molecular formula is C14H18N4O3. The maximum atomic E-state index is 12.3. The molecule has 0 fully saturated rings. The van der Waals surface area contributed by atoms with E-state index < -0.39 is 5.97 Å².